The standard InChI is InChI=1S/C15H16N2O7/c1-24-14(19)7-10-6-13(17(22)23)15(12(10)8-18)9-2-4-11(5-3-9)16(20)21/h2-5,8,10,12-13,15H,6-7H2,1H3/t10-,12-,13+,15+/m0/s1. The summed E-state index contributed by atoms with van der Waals surface area (Å²) >= 11 is 0. The van der Waals surface area contributed by atoms with Gasteiger partial charge in [0.05, 0.1) is 18.0 Å². The summed E-state index contributed by atoms with van der Waals surface area (Å²) in [5.41, 5.74) is 0.343. The van der Waals surface area contributed by atoms with Crippen LogP contribution in [-0.2, 0) is 14.3 Å². The van der Waals surface area contributed by atoms with Crippen LogP contribution in [0.5, 0.6) is 0 Å². The first-order chi connectivity index (χ1) is 11.4. The fourth-order valence-electron chi connectivity index (χ4n) is 3.36. The number of nitro benzene ring substituents is 1. The number of hydrogen-bond donors (Lipinski definition) is 0. The maximum atomic E-state index is 11.5. The number of nitro groups is 2. The molecule has 0 unspecified atom stereocenters. The first-order valence-electron chi connectivity index (χ1n) is 7.29. The molecule has 2 rings (SSSR count). The largest absolute Gasteiger partial charge is 0.469 e. The van der Waals surface area contributed by atoms with Crippen LogP contribution in [0.1, 0.15) is 24.3 Å². The fraction of sp³-hybridized carbons (Fsp3) is 0.467. The first-order valence-corrected chi connectivity index (χ1v) is 7.29. The number of rotatable bonds is 6. The highest BCUT2D eigenvalue weighted by Crippen LogP contribution is 2.45. The predicted molar refractivity (Wildman–Crippen MR) is 80.9 cm³/mol. The lowest BCUT2D eigenvalue weighted by molar-refractivity contribution is -0.524. The molecule has 0 heterocycles. The van der Waals surface area contributed by atoms with E-state index < -0.39 is 39.6 Å². The van der Waals surface area contributed by atoms with Gasteiger partial charge in [-0.15, -0.1) is 0 Å². The van der Waals surface area contributed by atoms with Gasteiger partial charge in [-0.25, -0.2) is 0 Å². The summed E-state index contributed by atoms with van der Waals surface area (Å²) in [6.45, 7) is 0. The smallest absolute Gasteiger partial charge is 0.305 e. The van der Waals surface area contributed by atoms with Gasteiger partial charge in [0, 0.05) is 35.8 Å². The lowest BCUT2D eigenvalue weighted by Crippen LogP contribution is -2.26. The molecular formula is C15H16N2O7. The van der Waals surface area contributed by atoms with E-state index in [4.69, 9.17) is 0 Å². The molecule has 0 radical (unpaired) electrons. The van der Waals surface area contributed by atoms with Crippen LogP contribution in [0.2, 0.25) is 0 Å². The van der Waals surface area contributed by atoms with Crippen LogP contribution in [0.3, 0.4) is 0 Å². The third-order valence-corrected chi connectivity index (χ3v) is 4.49. The Balaban J connectivity index is 2.35. The van der Waals surface area contributed by atoms with Gasteiger partial charge in [0.15, 0.2) is 0 Å². The lowest BCUT2D eigenvalue weighted by atomic mass is 9.83. The summed E-state index contributed by atoms with van der Waals surface area (Å²) < 4.78 is 4.58. The molecule has 24 heavy (non-hydrogen) atoms. The zero-order valence-corrected chi connectivity index (χ0v) is 12.9. The summed E-state index contributed by atoms with van der Waals surface area (Å²) in [5, 5.41) is 22.1. The molecular weight excluding hydrogens is 320 g/mol. The van der Waals surface area contributed by atoms with E-state index in [-0.39, 0.29) is 18.5 Å². The van der Waals surface area contributed by atoms with E-state index in [1.165, 1.54) is 31.4 Å². The van der Waals surface area contributed by atoms with E-state index >= 15 is 0 Å². The second-order valence-electron chi connectivity index (χ2n) is 5.72. The summed E-state index contributed by atoms with van der Waals surface area (Å²) in [4.78, 5) is 44.1. The molecule has 1 aromatic rings. The number of carbonyl (C=O) groups is 2. The van der Waals surface area contributed by atoms with Gasteiger partial charge in [-0.05, 0) is 11.5 Å². The molecule has 1 fully saturated rings. The molecule has 1 aromatic carbocycles. The Bertz CT molecular complexity index is 658. The van der Waals surface area contributed by atoms with Crippen LogP contribution in [0.4, 0.5) is 5.69 Å². The Kier molecular flexibility index (Phi) is 5.22. The molecule has 9 heteroatoms. The molecule has 9 nitrogen and oxygen atoms in total. The van der Waals surface area contributed by atoms with Crippen molar-refractivity contribution in [1.82, 2.24) is 0 Å². The van der Waals surface area contributed by atoms with E-state index in [2.05, 4.69) is 4.74 Å². The predicted octanol–water partition coefficient (Wildman–Crippen LogP) is 1.72. The van der Waals surface area contributed by atoms with Gasteiger partial charge in [-0.1, -0.05) is 12.1 Å². The van der Waals surface area contributed by atoms with Gasteiger partial charge in [-0.2, -0.15) is 0 Å². The Morgan fingerprint density at radius 3 is 2.38 bits per heavy atom. The normalized spacial score (nSPS) is 25.9. The van der Waals surface area contributed by atoms with Crippen LogP contribution in [0.25, 0.3) is 0 Å². The second-order valence-corrected chi connectivity index (χ2v) is 5.72. The molecule has 4 atom stereocenters. The van der Waals surface area contributed by atoms with Crippen molar-refractivity contribution in [3.63, 3.8) is 0 Å². The van der Waals surface area contributed by atoms with Gasteiger partial charge < -0.3 is 9.53 Å². The summed E-state index contributed by atoms with van der Waals surface area (Å²) in [5.74, 6) is -2.47. The first kappa shape index (κ1) is 17.5. The molecule has 0 saturated heterocycles. The number of benzene rings is 1. The highest BCUT2D eigenvalue weighted by Gasteiger charge is 2.50. The van der Waals surface area contributed by atoms with Crippen molar-refractivity contribution in [2.75, 3.05) is 7.11 Å². The monoisotopic (exact) mass is 336 g/mol. The van der Waals surface area contributed by atoms with Crippen LogP contribution in [-0.4, -0.2) is 35.3 Å². The Labute approximate surface area is 136 Å². The fourth-order valence-corrected chi connectivity index (χ4v) is 3.36. The van der Waals surface area contributed by atoms with Crippen molar-refractivity contribution < 1.29 is 24.2 Å². The van der Waals surface area contributed by atoms with E-state index in [1.54, 1.807) is 0 Å². The van der Waals surface area contributed by atoms with Crippen molar-refractivity contribution >= 4 is 17.9 Å². The summed E-state index contributed by atoms with van der Waals surface area (Å²) in [6.07, 6.45) is 0.629. The molecule has 1 aliphatic carbocycles. The van der Waals surface area contributed by atoms with Crippen molar-refractivity contribution in [2.45, 2.75) is 24.8 Å². The van der Waals surface area contributed by atoms with Crippen LogP contribution in [0, 0.1) is 32.1 Å². The summed E-state index contributed by atoms with van der Waals surface area (Å²) in [6, 6.07) is 4.33. The quantitative estimate of drug-likeness (QED) is 0.334. The minimum atomic E-state index is -1.03. The number of non-ortho nitro benzene ring substituents is 1. The number of aldehydes is 1. The minimum absolute atomic E-state index is 0.0757. The van der Waals surface area contributed by atoms with Gasteiger partial charge in [-0.3, -0.25) is 25.0 Å². The average Bonchev–Trinajstić information content (AvgIpc) is 2.93. The zero-order valence-electron chi connectivity index (χ0n) is 12.9. The van der Waals surface area contributed by atoms with Crippen molar-refractivity contribution in [3.05, 3.63) is 50.1 Å². The zero-order chi connectivity index (χ0) is 17.9. The number of carbonyl (C=O) groups excluding carboxylic acids is 2. The number of ether oxygens (including phenoxy) is 1. The maximum absolute atomic E-state index is 11.5. The lowest BCUT2D eigenvalue weighted by Gasteiger charge is -2.19. The van der Waals surface area contributed by atoms with Crippen LogP contribution in [0.15, 0.2) is 24.3 Å². The van der Waals surface area contributed by atoms with Crippen molar-refractivity contribution in [3.8, 4) is 0 Å². The SMILES string of the molecule is COC(=O)C[C@@H]1C[C@@H]([N+](=O)[O-])[C@H](c2ccc([N+](=O)[O-])cc2)[C@H]1C=O. The topological polar surface area (TPSA) is 130 Å². The summed E-state index contributed by atoms with van der Waals surface area (Å²) in [7, 11) is 1.21. The molecule has 128 valence electrons. The van der Waals surface area contributed by atoms with Gasteiger partial charge in [0.2, 0.25) is 6.04 Å². The highest BCUT2D eigenvalue weighted by atomic mass is 16.6. The molecule has 0 amide bonds. The maximum Gasteiger partial charge on any atom is 0.305 e. The molecule has 0 aliphatic heterocycles. The number of nitrogens with zero attached hydrogens (tertiary/aromatic N) is 2. The Hall–Kier alpha value is -2.84. The molecule has 0 bridgehead atoms. The number of esters is 1. The second kappa shape index (κ2) is 7.16. The molecule has 1 aliphatic rings. The Morgan fingerprint density at radius 1 is 1.29 bits per heavy atom. The third kappa shape index (κ3) is 3.39. The number of methoxy groups -OCH3 is 1. The van der Waals surface area contributed by atoms with E-state index in [9.17, 15) is 29.8 Å². The van der Waals surface area contributed by atoms with Crippen molar-refractivity contribution in [1.29, 1.82) is 0 Å². The van der Waals surface area contributed by atoms with Crippen molar-refractivity contribution in [2.24, 2.45) is 11.8 Å². The minimum Gasteiger partial charge on any atom is -0.469 e. The Morgan fingerprint density at radius 2 is 1.92 bits per heavy atom. The van der Waals surface area contributed by atoms with Crippen LogP contribution < -0.4 is 0 Å². The number of hydrogen-bond acceptors (Lipinski definition) is 7. The van der Waals surface area contributed by atoms with Crippen LogP contribution >= 0.6 is 0 Å². The van der Waals surface area contributed by atoms with Gasteiger partial charge in [0.25, 0.3) is 5.69 Å². The third-order valence-electron chi connectivity index (χ3n) is 4.49. The molecule has 1 saturated carbocycles. The molecule has 0 aromatic heterocycles. The molecule has 0 N–H and O–H groups in total. The highest BCUT2D eigenvalue weighted by molar-refractivity contribution is 5.71. The van der Waals surface area contributed by atoms with Gasteiger partial charge in [0.1, 0.15) is 6.29 Å². The van der Waals surface area contributed by atoms with E-state index in [1.807, 2.05) is 0 Å². The van der Waals surface area contributed by atoms with E-state index in [0.717, 1.165) is 0 Å². The van der Waals surface area contributed by atoms with E-state index in [0.29, 0.717) is 11.8 Å². The van der Waals surface area contributed by atoms with Gasteiger partial charge >= 0.3 is 5.97 Å². The molecule has 0 spiro atoms. The average molecular weight is 336 g/mol.